The van der Waals surface area contributed by atoms with Crippen LogP contribution in [0.25, 0.3) is 0 Å². The molecule has 0 radical (unpaired) electrons. The van der Waals surface area contributed by atoms with Gasteiger partial charge < -0.3 is 10.2 Å². The first-order valence-electron chi connectivity index (χ1n) is 6.65. The van der Waals surface area contributed by atoms with Crippen molar-refractivity contribution in [1.82, 2.24) is 5.43 Å². The molecule has 0 saturated carbocycles. The summed E-state index contributed by atoms with van der Waals surface area (Å²) in [6, 6.07) is 18.0. The minimum atomic E-state index is 0.545. The molecule has 0 aliphatic rings. The van der Waals surface area contributed by atoms with Crippen LogP contribution in [0.1, 0.15) is 12.5 Å². The van der Waals surface area contributed by atoms with Crippen LogP contribution in [-0.2, 0) is 6.54 Å². The molecule has 0 unspecified atom stereocenters. The Kier molecular flexibility index (Phi) is 5.21. The molecule has 0 fully saturated rings. The van der Waals surface area contributed by atoms with E-state index in [0.717, 1.165) is 22.6 Å². The van der Waals surface area contributed by atoms with Gasteiger partial charge in [0.25, 0.3) is 0 Å². The number of ether oxygens (including phenoxy) is 1. The molecule has 20 heavy (non-hydrogen) atoms. The molecule has 0 amide bonds. The lowest BCUT2D eigenvalue weighted by Gasteiger charge is -2.13. The Morgan fingerprint density at radius 2 is 1.75 bits per heavy atom. The fraction of sp³-hybridized carbons (Fsp3) is 0.176. The summed E-state index contributed by atoms with van der Waals surface area (Å²) in [5.74, 6) is 0.887. The number of hydrogen-bond donors (Lipinski definition) is 2. The van der Waals surface area contributed by atoms with Gasteiger partial charge in [-0.1, -0.05) is 43.0 Å². The van der Waals surface area contributed by atoms with Gasteiger partial charge in [-0.2, -0.15) is 0 Å². The zero-order chi connectivity index (χ0) is 14.2. The first-order chi connectivity index (χ1) is 9.75. The molecule has 0 bridgehead atoms. The zero-order valence-electron chi connectivity index (χ0n) is 11.7. The summed E-state index contributed by atoms with van der Waals surface area (Å²) in [6.07, 6.45) is 0. The predicted octanol–water partition coefficient (Wildman–Crippen LogP) is 3.76. The van der Waals surface area contributed by atoms with Gasteiger partial charge >= 0.3 is 0 Å². The van der Waals surface area contributed by atoms with Gasteiger partial charge in [-0.3, -0.25) is 0 Å². The second-order valence-electron chi connectivity index (χ2n) is 4.70. The van der Waals surface area contributed by atoms with Crippen molar-refractivity contribution in [2.75, 3.05) is 12.0 Å². The smallest absolute Gasteiger partial charge is 0.124 e. The highest BCUT2D eigenvalue weighted by atomic mass is 16.5. The van der Waals surface area contributed by atoms with E-state index >= 15 is 0 Å². The van der Waals surface area contributed by atoms with Crippen molar-refractivity contribution in [3.8, 4) is 5.75 Å². The Bertz CT molecular complexity index is 552. The number of hydrogen-bond acceptors (Lipinski definition) is 3. The largest absolute Gasteiger partial charge is 0.489 e. The van der Waals surface area contributed by atoms with Gasteiger partial charge in [0.1, 0.15) is 12.4 Å². The van der Waals surface area contributed by atoms with Crippen molar-refractivity contribution in [2.45, 2.75) is 13.5 Å². The molecule has 2 aromatic carbocycles. The van der Waals surface area contributed by atoms with E-state index < -0.39 is 0 Å². The van der Waals surface area contributed by atoms with Crippen molar-refractivity contribution in [3.63, 3.8) is 0 Å². The lowest BCUT2D eigenvalue weighted by molar-refractivity contribution is 0.348. The van der Waals surface area contributed by atoms with Crippen molar-refractivity contribution < 1.29 is 4.74 Å². The summed E-state index contributed by atoms with van der Waals surface area (Å²) in [7, 11) is 0. The van der Waals surface area contributed by atoms with Crippen LogP contribution < -0.4 is 15.6 Å². The maximum atomic E-state index is 5.73. The van der Waals surface area contributed by atoms with E-state index in [1.165, 1.54) is 0 Å². The number of hydrazine groups is 1. The number of benzene rings is 2. The van der Waals surface area contributed by atoms with Crippen LogP contribution in [0, 0.1) is 0 Å². The molecule has 0 aliphatic heterocycles. The van der Waals surface area contributed by atoms with E-state index in [1.54, 1.807) is 0 Å². The third-order valence-electron chi connectivity index (χ3n) is 2.73. The van der Waals surface area contributed by atoms with Gasteiger partial charge in [0.15, 0.2) is 0 Å². The molecule has 3 heteroatoms. The first kappa shape index (κ1) is 14.2. The highest BCUT2D eigenvalue weighted by molar-refractivity contribution is 5.41. The molecular formula is C17H20N2O. The van der Waals surface area contributed by atoms with Crippen molar-refractivity contribution in [2.24, 2.45) is 0 Å². The molecule has 104 valence electrons. The van der Waals surface area contributed by atoms with Gasteiger partial charge in [0.2, 0.25) is 0 Å². The SMILES string of the molecule is C=C(C)COc1ccccc1CNNc1ccccc1. The highest BCUT2D eigenvalue weighted by Crippen LogP contribution is 2.18. The lowest BCUT2D eigenvalue weighted by Crippen LogP contribution is -2.21. The normalized spacial score (nSPS) is 10.1. The fourth-order valence-corrected chi connectivity index (χ4v) is 1.75. The van der Waals surface area contributed by atoms with Gasteiger partial charge in [-0.15, -0.1) is 0 Å². The topological polar surface area (TPSA) is 33.3 Å². The Balaban J connectivity index is 1.90. The Hall–Kier alpha value is -2.26. The molecule has 0 saturated heterocycles. The fourth-order valence-electron chi connectivity index (χ4n) is 1.75. The zero-order valence-corrected chi connectivity index (χ0v) is 11.7. The minimum Gasteiger partial charge on any atom is -0.489 e. The summed E-state index contributed by atoms with van der Waals surface area (Å²) in [5.41, 5.74) is 9.51. The molecule has 2 N–H and O–H groups in total. The van der Waals surface area contributed by atoms with E-state index in [1.807, 2.05) is 61.5 Å². The summed E-state index contributed by atoms with van der Waals surface area (Å²) in [4.78, 5) is 0. The third-order valence-corrected chi connectivity index (χ3v) is 2.73. The number of anilines is 1. The average Bonchev–Trinajstić information content (AvgIpc) is 2.47. The molecule has 3 nitrogen and oxygen atoms in total. The van der Waals surface area contributed by atoms with Crippen LogP contribution in [0.2, 0.25) is 0 Å². The second kappa shape index (κ2) is 7.36. The van der Waals surface area contributed by atoms with E-state index in [2.05, 4.69) is 17.4 Å². The Morgan fingerprint density at radius 1 is 1.05 bits per heavy atom. The summed E-state index contributed by atoms with van der Waals surface area (Å²) >= 11 is 0. The Labute approximate surface area is 120 Å². The van der Waals surface area contributed by atoms with Crippen molar-refractivity contribution in [1.29, 1.82) is 0 Å². The van der Waals surface area contributed by atoms with Gasteiger partial charge in [-0.05, 0) is 30.7 Å². The summed E-state index contributed by atoms with van der Waals surface area (Å²) in [5, 5.41) is 0. The van der Waals surface area contributed by atoms with Crippen LogP contribution in [0.4, 0.5) is 5.69 Å². The van der Waals surface area contributed by atoms with E-state index in [9.17, 15) is 0 Å². The van der Waals surface area contributed by atoms with Gasteiger partial charge in [0.05, 0.1) is 0 Å². The van der Waals surface area contributed by atoms with Crippen molar-refractivity contribution >= 4 is 5.69 Å². The van der Waals surface area contributed by atoms with E-state index in [4.69, 9.17) is 4.74 Å². The number of para-hydroxylation sites is 2. The van der Waals surface area contributed by atoms with Gasteiger partial charge in [0, 0.05) is 17.8 Å². The maximum Gasteiger partial charge on any atom is 0.124 e. The second-order valence-corrected chi connectivity index (χ2v) is 4.70. The standard InChI is InChI=1S/C17H20N2O/c1-14(2)13-20-17-11-7-6-8-15(17)12-18-19-16-9-4-3-5-10-16/h3-11,18-19H,1,12-13H2,2H3. The monoisotopic (exact) mass is 268 g/mol. The van der Waals surface area contributed by atoms with Crippen LogP contribution in [0.5, 0.6) is 5.75 Å². The third kappa shape index (κ3) is 4.44. The van der Waals surface area contributed by atoms with Crippen molar-refractivity contribution in [3.05, 3.63) is 72.3 Å². The molecule has 0 heterocycles. The Morgan fingerprint density at radius 3 is 2.50 bits per heavy atom. The minimum absolute atomic E-state index is 0.545. The molecular weight excluding hydrogens is 248 g/mol. The maximum absolute atomic E-state index is 5.73. The lowest BCUT2D eigenvalue weighted by atomic mass is 10.2. The quantitative estimate of drug-likeness (QED) is 0.592. The first-order valence-corrected chi connectivity index (χ1v) is 6.65. The number of nitrogens with one attached hydrogen (secondary N) is 2. The van der Waals surface area contributed by atoms with Crippen LogP contribution in [-0.4, -0.2) is 6.61 Å². The molecule has 0 atom stereocenters. The van der Waals surface area contributed by atoms with Gasteiger partial charge in [-0.25, -0.2) is 5.43 Å². The molecule has 0 aromatic heterocycles. The molecule has 0 aliphatic carbocycles. The molecule has 2 aromatic rings. The molecule has 0 spiro atoms. The van der Waals surface area contributed by atoms with E-state index in [-0.39, 0.29) is 0 Å². The summed E-state index contributed by atoms with van der Waals surface area (Å²) in [6.45, 7) is 7.03. The van der Waals surface area contributed by atoms with Crippen LogP contribution >= 0.6 is 0 Å². The van der Waals surface area contributed by atoms with Crippen LogP contribution in [0.3, 0.4) is 0 Å². The average molecular weight is 268 g/mol. The number of rotatable bonds is 7. The van der Waals surface area contributed by atoms with Crippen LogP contribution in [0.15, 0.2) is 66.7 Å². The molecule has 2 rings (SSSR count). The summed E-state index contributed by atoms with van der Waals surface area (Å²) < 4.78 is 5.73. The highest BCUT2D eigenvalue weighted by Gasteiger charge is 2.02. The van der Waals surface area contributed by atoms with E-state index in [0.29, 0.717) is 13.2 Å². The predicted molar refractivity (Wildman–Crippen MR) is 83.7 cm³/mol.